The summed E-state index contributed by atoms with van der Waals surface area (Å²) in [6, 6.07) is 4.29. The molecule has 0 saturated carbocycles. The zero-order chi connectivity index (χ0) is 11.1. The van der Waals surface area contributed by atoms with Crippen LogP contribution in [0.4, 0.5) is 0 Å². The van der Waals surface area contributed by atoms with Crippen molar-refractivity contribution >= 4 is 22.1 Å². The molecule has 0 bridgehead atoms. The fraction of sp³-hybridized carbons (Fsp3) is 0.636. The summed E-state index contributed by atoms with van der Waals surface area (Å²) in [5, 5.41) is 5.40. The lowest BCUT2D eigenvalue weighted by atomic mass is 10.2. The van der Waals surface area contributed by atoms with Gasteiger partial charge in [-0.05, 0) is 30.8 Å². The smallest absolute Gasteiger partial charge is 0.0911 e. The van der Waals surface area contributed by atoms with Gasteiger partial charge in [0.05, 0.1) is 15.0 Å². The molecule has 0 spiro atoms. The summed E-state index contributed by atoms with van der Waals surface area (Å²) < 4.78 is 12.9. The molecule has 0 aromatic carbocycles. The van der Waals surface area contributed by atoms with Crippen LogP contribution >= 0.6 is 11.3 Å². The minimum atomic E-state index is -0.830. The van der Waals surface area contributed by atoms with Crippen molar-refractivity contribution < 1.29 is 4.21 Å². The zero-order valence-corrected chi connectivity index (χ0v) is 11.0. The molecule has 1 aromatic rings. The van der Waals surface area contributed by atoms with Crippen molar-refractivity contribution in [3.8, 4) is 0 Å². The second-order valence-electron chi connectivity index (χ2n) is 3.50. The Morgan fingerprint density at radius 3 is 2.87 bits per heavy atom. The number of hydrogen-bond donors (Lipinski definition) is 1. The first kappa shape index (κ1) is 12.9. The van der Waals surface area contributed by atoms with Crippen LogP contribution in [0.5, 0.6) is 0 Å². The lowest BCUT2D eigenvalue weighted by Gasteiger charge is -2.15. The van der Waals surface area contributed by atoms with Gasteiger partial charge in [-0.1, -0.05) is 19.9 Å². The van der Waals surface area contributed by atoms with Gasteiger partial charge >= 0.3 is 0 Å². The van der Waals surface area contributed by atoms with Crippen LogP contribution in [0.15, 0.2) is 21.7 Å². The van der Waals surface area contributed by atoms with Crippen molar-refractivity contribution in [1.29, 1.82) is 0 Å². The van der Waals surface area contributed by atoms with Crippen LogP contribution in [0.25, 0.3) is 0 Å². The van der Waals surface area contributed by atoms with Crippen molar-refractivity contribution in [2.75, 3.05) is 12.3 Å². The quantitative estimate of drug-likeness (QED) is 0.800. The van der Waals surface area contributed by atoms with Gasteiger partial charge in [0.2, 0.25) is 0 Å². The number of rotatable bonds is 7. The van der Waals surface area contributed by atoms with E-state index in [1.165, 1.54) is 0 Å². The summed E-state index contributed by atoms with van der Waals surface area (Å²) in [7, 11) is -0.830. The van der Waals surface area contributed by atoms with Crippen LogP contribution in [-0.2, 0) is 10.8 Å². The Kier molecular flexibility index (Phi) is 6.13. The second kappa shape index (κ2) is 7.14. The van der Waals surface area contributed by atoms with E-state index in [0.717, 1.165) is 29.3 Å². The third-order valence-corrected chi connectivity index (χ3v) is 5.05. The predicted octanol–water partition coefficient (Wildman–Crippen LogP) is 2.63. The SMILES string of the molecule is CCCNC(CC)CS(=O)c1cccs1. The van der Waals surface area contributed by atoms with Crippen molar-refractivity contribution in [2.24, 2.45) is 0 Å². The van der Waals surface area contributed by atoms with Crippen LogP contribution in [0.2, 0.25) is 0 Å². The third kappa shape index (κ3) is 4.45. The molecule has 2 unspecified atom stereocenters. The monoisotopic (exact) mass is 245 g/mol. The Morgan fingerprint density at radius 1 is 1.53 bits per heavy atom. The molecule has 15 heavy (non-hydrogen) atoms. The van der Waals surface area contributed by atoms with Crippen LogP contribution in [0.3, 0.4) is 0 Å². The molecular weight excluding hydrogens is 226 g/mol. The average molecular weight is 245 g/mol. The normalized spacial score (nSPS) is 15.1. The molecule has 0 fully saturated rings. The van der Waals surface area contributed by atoms with Crippen molar-refractivity contribution in [3.05, 3.63) is 17.5 Å². The molecule has 0 aliphatic rings. The molecule has 2 atom stereocenters. The van der Waals surface area contributed by atoms with Crippen molar-refractivity contribution in [3.63, 3.8) is 0 Å². The molecule has 0 aliphatic heterocycles. The van der Waals surface area contributed by atoms with E-state index < -0.39 is 10.8 Å². The molecular formula is C11H19NOS2. The lowest BCUT2D eigenvalue weighted by Crippen LogP contribution is -2.33. The summed E-state index contributed by atoms with van der Waals surface area (Å²) in [6.07, 6.45) is 2.17. The first-order chi connectivity index (χ1) is 7.27. The minimum Gasteiger partial charge on any atom is -0.313 e. The maximum atomic E-state index is 11.9. The summed E-state index contributed by atoms with van der Waals surface area (Å²) >= 11 is 1.58. The Hall–Kier alpha value is -0.190. The van der Waals surface area contributed by atoms with Crippen LogP contribution in [-0.4, -0.2) is 22.5 Å². The van der Waals surface area contributed by atoms with Crippen molar-refractivity contribution in [1.82, 2.24) is 5.32 Å². The van der Waals surface area contributed by atoms with E-state index in [4.69, 9.17) is 0 Å². The highest BCUT2D eigenvalue weighted by Crippen LogP contribution is 2.15. The average Bonchev–Trinajstić information content (AvgIpc) is 2.77. The van der Waals surface area contributed by atoms with Crippen LogP contribution in [0, 0.1) is 0 Å². The maximum Gasteiger partial charge on any atom is 0.0911 e. The van der Waals surface area contributed by atoms with E-state index in [9.17, 15) is 4.21 Å². The molecule has 1 rings (SSSR count). The second-order valence-corrected chi connectivity index (χ2v) is 6.17. The summed E-state index contributed by atoms with van der Waals surface area (Å²) in [5.41, 5.74) is 0. The third-order valence-electron chi connectivity index (χ3n) is 2.25. The molecule has 1 aromatic heterocycles. The van der Waals surface area contributed by atoms with Gasteiger partial charge in [0, 0.05) is 11.8 Å². The molecule has 0 amide bonds. The van der Waals surface area contributed by atoms with Gasteiger partial charge in [-0.15, -0.1) is 11.3 Å². The van der Waals surface area contributed by atoms with Crippen molar-refractivity contribution in [2.45, 2.75) is 36.9 Å². The Balaban J connectivity index is 2.41. The first-order valence-corrected chi connectivity index (χ1v) is 7.63. The van der Waals surface area contributed by atoms with E-state index in [-0.39, 0.29) is 0 Å². The molecule has 1 heterocycles. The highest BCUT2D eigenvalue weighted by atomic mass is 32.2. The molecule has 86 valence electrons. The highest BCUT2D eigenvalue weighted by molar-refractivity contribution is 7.87. The summed E-state index contributed by atoms with van der Waals surface area (Å²) in [6.45, 7) is 5.30. The summed E-state index contributed by atoms with van der Waals surface area (Å²) in [4.78, 5) is 0. The Morgan fingerprint density at radius 2 is 2.33 bits per heavy atom. The Bertz CT molecular complexity index is 285. The van der Waals surface area contributed by atoms with Gasteiger partial charge in [0.1, 0.15) is 0 Å². The fourth-order valence-corrected chi connectivity index (χ4v) is 3.69. The van der Waals surface area contributed by atoms with Gasteiger partial charge in [0.15, 0.2) is 0 Å². The van der Waals surface area contributed by atoms with E-state index in [1.807, 2.05) is 17.5 Å². The largest absolute Gasteiger partial charge is 0.313 e. The van der Waals surface area contributed by atoms with Gasteiger partial charge in [-0.2, -0.15) is 0 Å². The molecule has 0 saturated heterocycles. The zero-order valence-electron chi connectivity index (χ0n) is 9.36. The van der Waals surface area contributed by atoms with E-state index in [2.05, 4.69) is 19.2 Å². The van der Waals surface area contributed by atoms with Crippen LogP contribution < -0.4 is 5.32 Å². The van der Waals surface area contributed by atoms with Gasteiger partial charge in [-0.3, -0.25) is 4.21 Å². The first-order valence-electron chi connectivity index (χ1n) is 5.43. The topological polar surface area (TPSA) is 29.1 Å². The van der Waals surface area contributed by atoms with E-state index in [1.54, 1.807) is 11.3 Å². The van der Waals surface area contributed by atoms with E-state index in [0.29, 0.717) is 6.04 Å². The molecule has 2 nitrogen and oxygen atoms in total. The standard InChI is InChI=1S/C11H19NOS2/c1-3-7-12-10(4-2)9-15(13)11-6-5-8-14-11/h5-6,8,10,12H,3-4,7,9H2,1-2H3. The van der Waals surface area contributed by atoms with Gasteiger partial charge in [0.25, 0.3) is 0 Å². The number of thiophene rings is 1. The Labute approximate surface area is 98.6 Å². The fourth-order valence-electron chi connectivity index (χ4n) is 1.33. The predicted molar refractivity (Wildman–Crippen MR) is 68.0 cm³/mol. The van der Waals surface area contributed by atoms with E-state index >= 15 is 0 Å². The maximum absolute atomic E-state index is 11.9. The molecule has 4 heteroatoms. The lowest BCUT2D eigenvalue weighted by molar-refractivity contribution is 0.534. The number of nitrogens with one attached hydrogen (secondary N) is 1. The van der Waals surface area contributed by atoms with Gasteiger partial charge in [-0.25, -0.2) is 0 Å². The highest BCUT2D eigenvalue weighted by Gasteiger charge is 2.12. The van der Waals surface area contributed by atoms with Gasteiger partial charge < -0.3 is 5.32 Å². The van der Waals surface area contributed by atoms with Crippen LogP contribution in [0.1, 0.15) is 26.7 Å². The molecule has 0 radical (unpaired) electrons. The number of hydrogen-bond acceptors (Lipinski definition) is 3. The molecule has 1 N–H and O–H groups in total. The minimum absolute atomic E-state index is 0.382. The summed E-state index contributed by atoms with van der Waals surface area (Å²) in [5.74, 6) is 0.733. The molecule has 0 aliphatic carbocycles.